The molecule has 1 heterocycles. The van der Waals surface area contributed by atoms with E-state index in [2.05, 4.69) is 38.1 Å². The zero-order valence-electron chi connectivity index (χ0n) is 12.1. The van der Waals surface area contributed by atoms with Gasteiger partial charge in [0.15, 0.2) is 0 Å². The van der Waals surface area contributed by atoms with Crippen LogP contribution in [-0.2, 0) is 0 Å². The van der Waals surface area contributed by atoms with Gasteiger partial charge in [-0.1, -0.05) is 58.4 Å². The minimum Gasteiger partial charge on any atom is -0.324 e. The summed E-state index contributed by atoms with van der Waals surface area (Å²) in [5.74, 6) is 0. The lowest BCUT2D eigenvalue weighted by molar-refractivity contribution is 0.205. The highest BCUT2D eigenvalue weighted by atomic mass is 28.3. The van der Waals surface area contributed by atoms with Crippen molar-refractivity contribution in [2.75, 3.05) is 0 Å². The average Bonchev–Trinajstić information content (AvgIpc) is 2.14. The number of rotatable bonds is 5. The monoisotopic (exact) mass is 257 g/mol. The summed E-state index contributed by atoms with van der Waals surface area (Å²) in [5, 5.41) is 0. The molecule has 1 saturated heterocycles. The molecule has 1 aliphatic rings. The second-order valence-electron chi connectivity index (χ2n) is 6.88. The van der Waals surface area contributed by atoms with Gasteiger partial charge < -0.3 is 4.57 Å². The Bertz CT molecular complexity index is 191. The molecule has 0 amide bonds. The molecule has 2 atom stereocenters. The number of nitrogens with zero attached hydrogens (tertiary/aromatic N) is 1. The zero-order chi connectivity index (χ0) is 12.2. The minimum atomic E-state index is -0.774. The van der Waals surface area contributed by atoms with Crippen molar-refractivity contribution in [3.63, 3.8) is 0 Å². The first kappa shape index (κ1) is 14.5. The SMILES string of the molecule is CC1CCCC(C)N1[SiH2]CCC[Si](C)(C)C. The van der Waals surface area contributed by atoms with Gasteiger partial charge in [0.25, 0.3) is 0 Å². The third kappa shape index (κ3) is 5.15. The summed E-state index contributed by atoms with van der Waals surface area (Å²) in [6.07, 6.45) is 5.87. The van der Waals surface area contributed by atoms with Gasteiger partial charge in [0.1, 0.15) is 0 Å². The first-order valence-electron chi connectivity index (χ1n) is 7.16. The standard InChI is InChI=1S/C13H31NSi2/c1-12-8-6-9-13(2)14(12)15-10-7-11-16(3,4)5/h12-13H,6-11,15H2,1-5H3. The third-order valence-corrected chi connectivity index (χ3v) is 8.40. The topological polar surface area (TPSA) is 3.24 Å². The van der Waals surface area contributed by atoms with Crippen LogP contribution in [0.1, 0.15) is 39.5 Å². The molecule has 0 radical (unpaired) electrons. The van der Waals surface area contributed by atoms with Crippen molar-refractivity contribution in [1.29, 1.82) is 0 Å². The van der Waals surface area contributed by atoms with Crippen LogP contribution >= 0.6 is 0 Å². The fourth-order valence-corrected chi connectivity index (χ4v) is 6.76. The van der Waals surface area contributed by atoms with E-state index in [0.717, 1.165) is 12.1 Å². The summed E-state index contributed by atoms with van der Waals surface area (Å²) in [6.45, 7) is 12.4. The van der Waals surface area contributed by atoms with Crippen molar-refractivity contribution in [3.8, 4) is 0 Å². The molecule has 16 heavy (non-hydrogen) atoms. The van der Waals surface area contributed by atoms with Crippen molar-refractivity contribution in [3.05, 3.63) is 0 Å². The minimum absolute atomic E-state index is 0.0572. The van der Waals surface area contributed by atoms with E-state index in [1.54, 1.807) is 6.04 Å². The van der Waals surface area contributed by atoms with Crippen LogP contribution in [-0.4, -0.2) is 34.4 Å². The fourth-order valence-electron chi connectivity index (χ4n) is 2.87. The molecular formula is C13H31NSi2. The van der Waals surface area contributed by atoms with Crippen LogP contribution in [0.15, 0.2) is 0 Å². The van der Waals surface area contributed by atoms with E-state index in [0.29, 0.717) is 0 Å². The molecular weight excluding hydrogens is 226 g/mol. The molecule has 1 nitrogen and oxygen atoms in total. The Morgan fingerprint density at radius 2 is 1.69 bits per heavy atom. The van der Waals surface area contributed by atoms with Crippen molar-refractivity contribution in [2.24, 2.45) is 0 Å². The van der Waals surface area contributed by atoms with Gasteiger partial charge in [0, 0.05) is 20.2 Å². The highest BCUT2D eigenvalue weighted by Gasteiger charge is 2.23. The van der Waals surface area contributed by atoms with E-state index in [1.807, 2.05) is 0 Å². The predicted octanol–water partition coefficient (Wildman–Crippen LogP) is 3.48. The van der Waals surface area contributed by atoms with Gasteiger partial charge in [0.05, 0.1) is 9.68 Å². The van der Waals surface area contributed by atoms with Crippen molar-refractivity contribution >= 4 is 17.8 Å². The molecule has 0 aromatic rings. The quantitative estimate of drug-likeness (QED) is 0.538. The van der Waals surface area contributed by atoms with Gasteiger partial charge >= 0.3 is 0 Å². The maximum Gasteiger partial charge on any atom is 0.0956 e. The molecule has 0 bridgehead atoms. The van der Waals surface area contributed by atoms with Gasteiger partial charge in [-0.25, -0.2) is 0 Å². The first-order valence-corrected chi connectivity index (χ1v) is 12.5. The second-order valence-corrected chi connectivity index (χ2v) is 14.4. The van der Waals surface area contributed by atoms with Crippen LogP contribution in [0.5, 0.6) is 0 Å². The zero-order valence-corrected chi connectivity index (χ0v) is 14.5. The van der Waals surface area contributed by atoms with Crippen molar-refractivity contribution in [2.45, 2.75) is 83.3 Å². The average molecular weight is 258 g/mol. The van der Waals surface area contributed by atoms with Crippen molar-refractivity contribution < 1.29 is 0 Å². The molecule has 0 saturated carbocycles. The van der Waals surface area contributed by atoms with Crippen LogP contribution in [0.4, 0.5) is 0 Å². The molecule has 3 heteroatoms. The summed E-state index contributed by atoms with van der Waals surface area (Å²) in [7, 11) is -0.717. The smallest absolute Gasteiger partial charge is 0.0956 e. The Hall–Kier alpha value is 0.394. The molecule has 0 spiro atoms. The summed E-state index contributed by atoms with van der Waals surface area (Å²) < 4.78 is 2.88. The molecule has 96 valence electrons. The van der Waals surface area contributed by atoms with E-state index in [1.165, 1.54) is 31.7 Å². The van der Waals surface area contributed by atoms with E-state index < -0.39 is 8.07 Å². The van der Waals surface area contributed by atoms with Gasteiger partial charge in [-0.3, -0.25) is 0 Å². The van der Waals surface area contributed by atoms with Crippen LogP contribution in [0.2, 0.25) is 31.7 Å². The number of piperidine rings is 1. The molecule has 0 aromatic carbocycles. The Balaban J connectivity index is 2.20. The summed E-state index contributed by atoms with van der Waals surface area (Å²) >= 11 is 0. The molecule has 0 aromatic heterocycles. The highest BCUT2D eigenvalue weighted by molar-refractivity contribution is 6.76. The molecule has 0 aliphatic carbocycles. The predicted molar refractivity (Wildman–Crippen MR) is 80.7 cm³/mol. The van der Waals surface area contributed by atoms with Gasteiger partial charge in [-0.05, 0) is 12.8 Å². The van der Waals surface area contributed by atoms with E-state index in [-0.39, 0.29) is 9.68 Å². The lowest BCUT2D eigenvalue weighted by atomic mass is 10.0. The normalized spacial score (nSPS) is 29.1. The molecule has 2 unspecified atom stereocenters. The Labute approximate surface area is 106 Å². The van der Waals surface area contributed by atoms with Crippen LogP contribution < -0.4 is 0 Å². The Morgan fingerprint density at radius 1 is 1.12 bits per heavy atom. The summed E-state index contributed by atoms with van der Waals surface area (Å²) in [4.78, 5) is 0. The molecule has 1 aliphatic heterocycles. The maximum atomic E-state index is 2.88. The lowest BCUT2D eigenvalue weighted by Gasteiger charge is -2.39. The summed E-state index contributed by atoms with van der Waals surface area (Å²) in [5.41, 5.74) is 0. The highest BCUT2D eigenvalue weighted by Crippen LogP contribution is 2.22. The van der Waals surface area contributed by atoms with E-state index in [4.69, 9.17) is 0 Å². The van der Waals surface area contributed by atoms with Gasteiger partial charge in [-0.15, -0.1) is 0 Å². The molecule has 1 rings (SSSR count). The van der Waals surface area contributed by atoms with E-state index in [9.17, 15) is 0 Å². The lowest BCUT2D eigenvalue weighted by Crippen LogP contribution is -2.45. The van der Waals surface area contributed by atoms with Crippen molar-refractivity contribution in [1.82, 2.24) is 4.57 Å². The fraction of sp³-hybridized carbons (Fsp3) is 1.00. The third-order valence-electron chi connectivity index (χ3n) is 3.97. The van der Waals surface area contributed by atoms with Crippen LogP contribution in [0.3, 0.4) is 0 Å². The number of hydrogen-bond donors (Lipinski definition) is 0. The Morgan fingerprint density at radius 3 is 2.19 bits per heavy atom. The second kappa shape index (κ2) is 6.36. The molecule has 1 fully saturated rings. The maximum absolute atomic E-state index is 2.88. The largest absolute Gasteiger partial charge is 0.324 e. The first-order chi connectivity index (χ1) is 7.40. The van der Waals surface area contributed by atoms with Crippen LogP contribution in [0.25, 0.3) is 0 Å². The Kier molecular flexibility index (Phi) is 5.75. The van der Waals surface area contributed by atoms with Gasteiger partial charge in [0.2, 0.25) is 0 Å². The van der Waals surface area contributed by atoms with E-state index >= 15 is 0 Å². The summed E-state index contributed by atoms with van der Waals surface area (Å²) in [6, 6.07) is 4.87. The van der Waals surface area contributed by atoms with Gasteiger partial charge in [-0.2, -0.15) is 0 Å². The van der Waals surface area contributed by atoms with Crippen LogP contribution in [0, 0.1) is 0 Å². The molecule has 0 N–H and O–H groups in total. The number of hydrogen-bond acceptors (Lipinski definition) is 1.